The average Bonchev–Trinajstić information content (AvgIpc) is 2.34. The van der Waals surface area contributed by atoms with Gasteiger partial charge in [0.05, 0.1) is 5.56 Å². The number of carboxylic acids is 1. The maximum atomic E-state index is 10.8. The van der Waals surface area contributed by atoms with Crippen LogP contribution in [0.4, 0.5) is 0 Å². The lowest BCUT2D eigenvalue weighted by Crippen LogP contribution is -1.96. The predicted molar refractivity (Wildman–Crippen MR) is 65.5 cm³/mol. The molecule has 1 aromatic carbocycles. The molecule has 0 bridgehead atoms. The van der Waals surface area contributed by atoms with Crippen LogP contribution in [0.2, 0.25) is 10.3 Å². The van der Waals surface area contributed by atoms with E-state index in [-0.39, 0.29) is 21.6 Å². The number of aromatic carboxylic acids is 1. The summed E-state index contributed by atoms with van der Waals surface area (Å²) in [4.78, 5) is 10.8. The van der Waals surface area contributed by atoms with E-state index in [2.05, 4.69) is 10.2 Å². The summed E-state index contributed by atoms with van der Waals surface area (Å²) in [7, 11) is 0. The van der Waals surface area contributed by atoms with Crippen molar-refractivity contribution in [3.63, 3.8) is 0 Å². The van der Waals surface area contributed by atoms with Crippen molar-refractivity contribution in [1.82, 2.24) is 10.2 Å². The first-order chi connectivity index (χ1) is 8.56. The van der Waals surface area contributed by atoms with E-state index in [0.29, 0.717) is 5.75 Å². The van der Waals surface area contributed by atoms with Gasteiger partial charge in [0.1, 0.15) is 5.75 Å². The number of carboxylic acid groups (broad SMARTS) is 1. The first-order valence-electron chi connectivity index (χ1n) is 4.76. The Hall–Kier alpha value is -1.85. The van der Waals surface area contributed by atoms with Crippen molar-refractivity contribution < 1.29 is 14.6 Å². The Morgan fingerprint density at radius 2 is 2.00 bits per heavy atom. The summed E-state index contributed by atoms with van der Waals surface area (Å²) >= 11 is 11.4. The number of ether oxygens (including phenoxy) is 1. The fourth-order valence-corrected chi connectivity index (χ4v) is 1.50. The molecule has 0 saturated heterocycles. The quantitative estimate of drug-likeness (QED) is 0.936. The number of halogens is 2. The molecule has 0 fully saturated rings. The lowest BCUT2D eigenvalue weighted by Gasteiger charge is -2.07. The van der Waals surface area contributed by atoms with Crippen LogP contribution in [0.5, 0.6) is 11.5 Å². The van der Waals surface area contributed by atoms with Crippen LogP contribution in [0.25, 0.3) is 0 Å². The number of rotatable bonds is 3. The minimum Gasteiger partial charge on any atom is -0.478 e. The molecule has 2 aromatic rings. The molecule has 18 heavy (non-hydrogen) atoms. The molecular formula is C11H6Cl2N2O3. The summed E-state index contributed by atoms with van der Waals surface area (Å²) < 4.78 is 5.40. The largest absolute Gasteiger partial charge is 0.478 e. The second kappa shape index (κ2) is 5.20. The first-order valence-corrected chi connectivity index (χ1v) is 5.52. The van der Waals surface area contributed by atoms with Gasteiger partial charge < -0.3 is 9.84 Å². The lowest BCUT2D eigenvalue weighted by molar-refractivity contribution is 0.0696. The van der Waals surface area contributed by atoms with Gasteiger partial charge >= 0.3 is 5.97 Å². The normalized spacial score (nSPS) is 10.1. The van der Waals surface area contributed by atoms with Crippen LogP contribution in [-0.2, 0) is 0 Å². The molecule has 0 radical (unpaired) electrons. The van der Waals surface area contributed by atoms with E-state index in [1.807, 2.05) is 0 Å². The molecule has 0 atom stereocenters. The first kappa shape index (κ1) is 12.6. The van der Waals surface area contributed by atoms with Gasteiger partial charge in [-0.05, 0) is 18.2 Å². The molecule has 7 heteroatoms. The summed E-state index contributed by atoms with van der Waals surface area (Å²) in [5.41, 5.74) is 0.108. The van der Waals surface area contributed by atoms with Gasteiger partial charge in [0.25, 0.3) is 0 Å². The minimum atomic E-state index is -1.04. The van der Waals surface area contributed by atoms with Gasteiger partial charge in [-0.25, -0.2) is 4.79 Å². The van der Waals surface area contributed by atoms with Gasteiger partial charge in [-0.3, -0.25) is 0 Å². The van der Waals surface area contributed by atoms with Crippen LogP contribution in [-0.4, -0.2) is 21.3 Å². The molecule has 0 aliphatic rings. The van der Waals surface area contributed by atoms with E-state index in [4.69, 9.17) is 33.0 Å². The zero-order chi connectivity index (χ0) is 13.1. The topological polar surface area (TPSA) is 72.3 Å². The zero-order valence-electron chi connectivity index (χ0n) is 8.80. The van der Waals surface area contributed by atoms with Crippen LogP contribution in [0.1, 0.15) is 10.4 Å². The number of hydrogen-bond acceptors (Lipinski definition) is 4. The van der Waals surface area contributed by atoms with Gasteiger partial charge in [0.15, 0.2) is 16.1 Å². The molecule has 5 nitrogen and oxygen atoms in total. The molecule has 2 rings (SSSR count). The van der Waals surface area contributed by atoms with Crippen molar-refractivity contribution in [2.45, 2.75) is 0 Å². The summed E-state index contributed by atoms with van der Waals surface area (Å²) in [6.45, 7) is 0. The Labute approximate surface area is 112 Å². The number of nitrogens with zero attached hydrogens (tertiary/aromatic N) is 2. The number of carbonyl (C=O) groups is 1. The van der Waals surface area contributed by atoms with Crippen molar-refractivity contribution in [2.24, 2.45) is 0 Å². The highest BCUT2D eigenvalue weighted by atomic mass is 35.5. The highest BCUT2D eigenvalue weighted by Gasteiger charge is 2.09. The second-order valence-corrected chi connectivity index (χ2v) is 4.00. The highest BCUT2D eigenvalue weighted by molar-refractivity contribution is 6.32. The van der Waals surface area contributed by atoms with Gasteiger partial charge in [-0.15, -0.1) is 10.2 Å². The van der Waals surface area contributed by atoms with Crippen molar-refractivity contribution in [3.05, 3.63) is 46.2 Å². The van der Waals surface area contributed by atoms with Gasteiger partial charge in [-0.1, -0.05) is 29.3 Å². The van der Waals surface area contributed by atoms with Crippen molar-refractivity contribution in [2.75, 3.05) is 0 Å². The molecule has 92 valence electrons. The van der Waals surface area contributed by atoms with Gasteiger partial charge in [-0.2, -0.15) is 0 Å². The van der Waals surface area contributed by atoms with E-state index < -0.39 is 5.97 Å². The smallest absolute Gasteiger partial charge is 0.335 e. The Morgan fingerprint density at radius 1 is 1.22 bits per heavy atom. The molecule has 0 saturated carbocycles. The summed E-state index contributed by atoms with van der Waals surface area (Å²) in [5.74, 6) is -0.516. The number of hydrogen-bond donors (Lipinski definition) is 1. The van der Waals surface area contributed by atoms with E-state index in [9.17, 15) is 4.79 Å². The van der Waals surface area contributed by atoms with Crippen LogP contribution in [0.3, 0.4) is 0 Å². The second-order valence-electron chi connectivity index (χ2n) is 3.26. The van der Waals surface area contributed by atoms with Crippen LogP contribution in [0, 0.1) is 0 Å². The van der Waals surface area contributed by atoms with Gasteiger partial charge in [0.2, 0.25) is 0 Å². The van der Waals surface area contributed by atoms with Crippen molar-refractivity contribution in [1.29, 1.82) is 0 Å². The third-order valence-corrected chi connectivity index (χ3v) is 2.44. The monoisotopic (exact) mass is 284 g/mol. The summed E-state index contributed by atoms with van der Waals surface area (Å²) in [6.07, 6.45) is 0. The third-order valence-electron chi connectivity index (χ3n) is 2.00. The molecular weight excluding hydrogens is 279 g/mol. The Kier molecular flexibility index (Phi) is 3.64. The average molecular weight is 285 g/mol. The van der Waals surface area contributed by atoms with E-state index in [1.54, 1.807) is 12.1 Å². The molecule has 0 aliphatic carbocycles. The third kappa shape index (κ3) is 2.88. The number of aromatic nitrogens is 2. The molecule has 1 N–H and O–H groups in total. The molecule has 0 unspecified atom stereocenters. The zero-order valence-corrected chi connectivity index (χ0v) is 10.3. The SMILES string of the molecule is O=C(O)c1cccc(Oc2cc(Cl)nnc2Cl)c1. The summed E-state index contributed by atoms with van der Waals surface area (Å²) in [6, 6.07) is 7.37. The molecule has 0 spiro atoms. The Morgan fingerprint density at radius 3 is 2.72 bits per heavy atom. The highest BCUT2D eigenvalue weighted by Crippen LogP contribution is 2.29. The van der Waals surface area contributed by atoms with Crippen LogP contribution >= 0.6 is 23.2 Å². The minimum absolute atomic E-state index is 0.0418. The molecule has 0 amide bonds. The van der Waals surface area contributed by atoms with E-state index in [1.165, 1.54) is 18.2 Å². The predicted octanol–water partition coefficient (Wildman–Crippen LogP) is 3.27. The van der Waals surface area contributed by atoms with Crippen LogP contribution in [0.15, 0.2) is 30.3 Å². The lowest BCUT2D eigenvalue weighted by atomic mass is 10.2. The van der Waals surface area contributed by atoms with E-state index >= 15 is 0 Å². The maximum Gasteiger partial charge on any atom is 0.335 e. The summed E-state index contributed by atoms with van der Waals surface area (Å²) in [5, 5.41) is 16.1. The molecule has 1 heterocycles. The fraction of sp³-hybridized carbons (Fsp3) is 0. The Bertz CT molecular complexity index is 605. The molecule has 1 aromatic heterocycles. The fourth-order valence-electron chi connectivity index (χ4n) is 1.23. The van der Waals surface area contributed by atoms with Gasteiger partial charge in [0, 0.05) is 6.07 Å². The van der Waals surface area contributed by atoms with Crippen molar-refractivity contribution >= 4 is 29.2 Å². The number of benzene rings is 1. The van der Waals surface area contributed by atoms with Crippen LogP contribution < -0.4 is 4.74 Å². The Balaban J connectivity index is 2.31. The van der Waals surface area contributed by atoms with Crippen molar-refractivity contribution in [3.8, 4) is 11.5 Å². The molecule has 0 aliphatic heterocycles. The van der Waals surface area contributed by atoms with E-state index in [0.717, 1.165) is 0 Å². The standard InChI is InChI=1S/C11H6Cl2N2O3/c12-9-5-8(10(13)15-14-9)18-7-3-1-2-6(4-7)11(16)17/h1-5H,(H,16,17). The maximum absolute atomic E-state index is 10.8.